The van der Waals surface area contributed by atoms with Crippen molar-refractivity contribution in [3.8, 4) is 0 Å². The highest BCUT2D eigenvalue weighted by Crippen LogP contribution is 2.26. The molecular weight excluding hydrogens is 376 g/mol. The third-order valence-corrected chi connectivity index (χ3v) is 5.36. The van der Waals surface area contributed by atoms with E-state index in [2.05, 4.69) is 88.3 Å². The first-order chi connectivity index (χ1) is 14.5. The van der Waals surface area contributed by atoms with Gasteiger partial charge in [-0.25, -0.2) is 4.99 Å². The molecule has 0 saturated carbocycles. The van der Waals surface area contributed by atoms with Crippen molar-refractivity contribution >= 4 is 23.3 Å². The lowest BCUT2D eigenvalue weighted by Gasteiger charge is -2.41. The molecule has 0 bridgehead atoms. The number of guanidine groups is 2. The molecule has 0 spiro atoms. The van der Waals surface area contributed by atoms with Crippen molar-refractivity contribution in [3.63, 3.8) is 0 Å². The number of morpholine rings is 1. The van der Waals surface area contributed by atoms with E-state index in [-0.39, 0.29) is 5.96 Å². The normalized spacial score (nSPS) is 19.4. The third-order valence-electron chi connectivity index (χ3n) is 5.36. The quantitative estimate of drug-likeness (QED) is 0.816. The fourth-order valence-electron chi connectivity index (χ4n) is 3.92. The van der Waals surface area contributed by atoms with Crippen LogP contribution in [0.25, 0.3) is 0 Å². The summed E-state index contributed by atoms with van der Waals surface area (Å²) in [5, 5.41) is 3.56. The van der Waals surface area contributed by atoms with E-state index in [0.29, 0.717) is 13.2 Å². The molecular formula is C23H30N6O. The number of ether oxygens (including phenoxy) is 1. The number of rotatable bonds is 4. The van der Waals surface area contributed by atoms with Crippen LogP contribution in [0.15, 0.2) is 52.4 Å². The van der Waals surface area contributed by atoms with Crippen LogP contribution in [0.4, 0.5) is 11.4 Å². The SMILES string of the molecule is CCc1ccc(N2C(N3CCOCC3)=NC(N)=NC2Nc2cc(C)cc(C)c2)cc1. The van der Waals surface area contributed by atoms with Gasteiger partial charge in [-0.05, 0) is 61.2 Å². The van der Waals surface area contributed by atoms with Crippen LogP contribution >= 0.6 is 0 Å². The summed E-state index contributed by atoms with van der Waals surface area (Å²) in [4.78, 5) is 13.6. The molecule has 0 radical (unpaired) electrons. The molecule has 2 heterocycles. The molecule has 2 aromatic rings. The highest BCUT2D eigenvalue weighted by Gasteiger charge is 2.32. The second-order valence-electron chi connectivity index (χ2n) is 7.78. The van der Waals surface area contributed by atoms with Gasteiger partial charge in [0.15, 0.2) is 0 Å². The largest absolute Gasteiger partial charge is 0.378 e. The minimum atomic E-state index is -0.394. The highest BCUT2D eigenvalue weighted by molar-refractivity contribution is 6.06. The van der Waals surface area contributed by atoms with Gasteiger partial charge >= 0.3 is 0 Å². The first-order valence-electron chi connectivity index (χ1n) is 10.5. The second kappa shape index (κ2) is 8.75. The smallest absolute Gasteiger partial charge is 0.222 e. The average molecular weight is 407 g/mol. The number of aliphatic imine (C=N–C) groups is 2. The Balaban J connectivity index is 1.72. The summed E-state index contributed by atoms with van der Waals surface area (Å²) in [6.07, 6.45) is 0.606. The Morgan fingerprint density at radius 3 is 2.37 bits per heavy atom. The topological polar surface area (TPSA) is 78.5 Å². The fourth-order valence-corrected chi connectivity index (χ4v) is 3.92. The van der Waals surface area contributed by atoms with Gasteiger partial charge in [-0.3, -0.25) is 4.90 Å². The maximum Gasteiger partial charge on any atom is 0.222 e. The van der Waals surface area contributed by atoms with E-state index in [1.807, 2.05) is 0 Å². The fraction of sp³-hybridized carbons (Fsp3) is 0.391. The molecule has 2 aromatic carbocycles. The monoisotopic (exact) mass is 406 g/mol. The number of hydrogen-bond donors (Lipinski definition) is 2. The Hall–Kier alpha value is -3.06. The van der Waals surface area contributed by atoms with Gasteiger partial charge in [0.2, 0.25) is 18.2 Å². The number of benzene rings is 2. The van der Waals surface area contributed by atoms with E-state index >= 15 is 0 Å². The van der Waals surface area contributed by atoms with Crippen LogP contribution in [0.3, 0.4) is 0 Å². The van der Waals surface area contributed by atoms with Crippen LogP contribution in [0.5, 0.6) is 0 Å². The van der Waals surface area contributed by atoms with Crippen molar-refractivity contribution in [1.82, 2.24) is 4.90 Å². The summed E-state index contributed by atoms with van der Waals surface area (Å²) >= 11 is 0. The predicted molar refractivity (Wildman–Crippen MR) is 123 cm³/mol. The summed E-state index contributed by atoms with van der Waals surface area (Å²) in [7, 11) is 0. The van der Waals surface area contributed by atoms with Crippen molar-refractivity contribution in [2.45, 2.75) is 33.5 Å². The summed E-state index contributed by atoms with van der Waals surface area (Å²) in [6.45, 7) is 9.24. The molecule has 7 heteroatoms. The Labute approximate surface area is 178 Å². The zero-order valence-electron chi connectivity index (χ0n) is 17.9. The number of anilines is 2. The Kier molecular flexibility index (Phi) is 5.90. The van der Waals surface area contributed by atoms with Crippen molar-refractivity contribution < 1.29 is 4.74 Å². The number of nitrogens with one attached hydrogen (secondary N) is 1. The first kappa shape index (κ1) is 20.2. The third kappa shape index (κ3) is 4.41. The summed E-state index contributed by atoms with van der Waals surface area (Å²) < 4.78 is 5.55. The van der Waals surface area contributed by atoms with Gasteiger partial charge in [0.1, 0.15) is 0 Å². The molecule has 4 rings (SSSR count). The van der Waals surface area contributed by atoms with Gasteiger partial charge < -0.3 is 20.7 Å². The molecule has 1 saturated heterocycles. The van der Waals surface area contributed by atoms with E-state index < -0.39 is 6.29 Å². The zero-order chi connectivity index (χ0) is 21.1. The zero-order valence-corrected chi connectivity index (χ0v) is 17.9. The van der Waals surface area contributed by atoms with Gasteiger partial charge in [-0.1, -0.05) is 25.1 Å². The molecule has 3 N–H and O–H groups in total. The predicted octanol–water partition coefficient (Wildman–Crippen LogP) is 3.08. The van der Waals surface area contributed by atoms with Crippen molar-refractivity contribution in [1.29, 1.82) is 0 Å². The molecule has 1 unspecified atom stereocenters. The standard InChI is InChI=1S/C23H30N6O/c1-4-18-5-7-20(8-6-18)29-22(25-19-14-16(2)13-17(3)15-19)26-21(24)27-23(29)28-9-11-30-12-10-28/h5-8,13-15,22,25H,4,9-12H2,1-3H3,(H2,24,26). The van der Waals surface area contributed by atoms with Crippen LogP contribution in [0.2, 0.25) is 0 Å². The number of nitrogens with two attached hydrogens (primary N) is 1. The van der Waals surface area contributed by atoms with E-state index in [9.17, 15) is 0 Å². The first-order valence-corrected chi connectivity index (χ1v) is 10.5. The number of aryl methyl sites for hydroxylation is 3. The average Bonchev–Trinajstić information content (AvgIpc) is 2.73. The van der Waals surface area contributed by atoms with Crippen LogP contribution < -0.4 is 16.0 Å². The lowest BCUT2D eigenvalue weighted by atomic mass is 10.1. The molecule has 7 nitrogen and oxygen atoms in total. The van der Waals surface area contributed by atoms with Crippen molar-refractivity contribution in [3.05, 3.63) is 59.2 Å². The lowest BCUT2D eigenvalue weighted by molar-refractivity contribution is 0.0671. The number of nitrogens with zero attached hydrogens (tertiary/aromatic N) is 4. The van der Waals surface area contributed by atoms with Crippen LogP contribution in [-0.2, 0) is 11.2 Å². The summed E-state index contributed by atoms with van der Waals surface area (Å²) in [5.74, 6) is 1.08. The minimum Gasteiger partial charge on any atom is -0.378 e. The molecule has 0 aromatic heterocycles. The maximum absolute atomic E-state index is 6.16. The molecule has 1 atom stereocenters. The van der Waals surface area contributed by atoms with E-state index in [4.69, 9.17) is 10.5 Å². The second-order valence-corrected chi connectivity index (χ2v) is 7.78. The molecule has 0 amide bonds. The van der Waals surface area contributed by atoms with Gasteiger partial charge in [0, 0.05) is 24.5 Å². The van der Waals surface area contributed by atoms with Gasteiger partial charge in [0.25, 0.3) is 0 Å². The number of hydrogen-bond acceptors (Lipinski definition) is 7. The lowest BCUT2D eigenvalue weighted by Crippen LogP contribution is -2.57. The molecule has 158 valence electrons. The van der Waals surface area contributed by atoms with E-state index in [1.165, 1.54) is 16.7 Å². The molecule has 2 aliphatic rings. The molecule has 0 aliphatic carbocycles. The molecule has 30 heavy (non-hydrogen) atoms. The Bertz CT molecular complexity index is 926. The Morgan fingerprint density at radius 2 is 1.73 bits per heavy atom. The minimum absolute atomic E-state index is 0.278. The Morgan fingerprint density at radius 1 is 1.07 bits per heavy atom. The molecule has 1 fully saturated rings. The maximum atomic E-state index is 6.16. The van der Waals surface area contributed by atoms with E-state index in [1.54, 1.807) is 0 Å². The highest BCUT2D eigenvalue weighted by atomic mass is 16.5. The van der Waals surface area contributed by atoms with Gasteiger partial charge in [-0.2, -0.15) is 4.99 Å². The van der Waals surface area contributed by atoms with Gasteiger partial charge in [0.05, 0.1) is 13.2 Å². The summed E-state index contributed by atoms with van der Waals surface area (Å²) in [6, 6.07) is 15.0. The van der Waals surface area contributed by atoms with Crippen molar-refractivity contribution in [2.24, 2.45) is 15.7 Å². The van der Waals surface area contributed by atoms with Crippen LogP contribution in [0, 0.1) is 13.8 Å². The van der Waals surface area contributed by atoms with Crippen LogP contribution in [-0.4, -0.2) is 49.4 Å². The van der Waals surface area contributed by atoms with Gasteiger partial charge in [-0.15, -0.1) is 0 Å². The molecule has 2 aliphatic heterocycles. The summed E-state index contributed by atoms with van der Waals surface area (Å²) in [5.41, 5.74) is 11.9. The van der Waals surface area contributed by atoms with Crippen LogP contribution in [0.1, 0.15) is 23.6 Å². The van der Waals surface area contributed by atoms with E-state index in [0.717, 1.165) is 36.8 Å². The van der Waals surface area contributed by atoms with Crippen molar-refractivity contribution in [2.75, 3.05) is 36.5 Å².